The zero-order valence-electron chi connectivity index (χ0n) is 19.0. The van der Waals surface area contributed by atoms with E-state index in [-0.39, 0.29) is 12.2 Å². The van der Waals surface area contributed by atoms with E-state index in [1.54, 1.807) is 0 Å². The number of nitrogens with one attached hydrogen (secondary N) is 1. The highest BCUT2D eigenvalue weighted by molar-refractivity contribution is 7.17. The number of fused-ring (bicyclic) bond motifs is 3. The van der Waals surface area contributed by atoms with E-state index in [2.05, 4.69) is 9.97 Å². The fourth-order valence-electron chi connectivity index (χ4n) is 4.88. The lowest BCUT2D eigenvalue weighted by Gasteiger charge is -2.14. The first-order valence-corrected chi connectivity index (χ1v) is 12.7. The van der Waals surface area contributed by atoms with E-state index in [0.717, 1.165) is 65.4 Å². The second-order valence-corrected chi connectivity index (χ2v) is 9.63. The third kappa shape index (κ3) is 4.02. The van der Waals surface area contributed by atoms with Gasteiger partial charge in [0, 0.05) is 22.0 Å². The van der Waals surface area contributed by atoms with E-state index >= 15 is 0 Å². The summed E-state index contributed by atoms with van der Waals surface area (Å²) in [4.78, 5) is 39.2. The van der Waals surface area contributed by atoms with Gasteiger partial charge < -0.3 is 9.72 Å². The summed E-state index contributed by atoms with van der Waals surface area (Å²) in [6.07, 6.45) is 4.91. The minimum absolute atomic E-state index is 0.103. The SMILES string of the molecule is O=C(OCc1nc2scc(-c3ccccc3)c2c(=O)[nH]1)c1c2c(nc3ccccc13)CCCCC2. The van der Waals surface area contributed by atoms with Crippen LogP contribution in [0.3, 0.4) is 0 Å². The molecule has 0 aliphatic heterocycles. The number of H-pyrrole nitrogens is 1. The number of esters is 1. The van der Waals surface area contributed by atoms with Gasteiger partial charge in [0.2, 0.25) is 0 Å². The number of hydrogen-bond acceptors (Lipinski definition) is 6. The van der Waals surface area contributed by atoms with E-state index in [9.17, 15) is 9.59 Å². The van der Waals surface area contributed by atoms with Crippen LogP contribution in [0.2, 0.25) is 0 Å². The maximum Gasteiger partial charge on any atom is 0.339 e. The molecule has 0 saturated carbocycles. The van der Waals surface area contributed by atoms with Crippen LogP contribution in [0.15, 0.2) is 64.8 Å². The quantitative estimate of drug-likeness (QED) is 0.258. The number of para-hydroxylation sites is 1. The smallest absolute Gasteiger partial charge is 0.339 e. The molecule has 0 amide bonds. The summed E-state index contributed by atoms with van der Waals surface area (Å²) in [5.74, 6) is -0.0672. The van der Waals surface area contributed by atoms with Crippen LogP contribution >= 0.6 is 11.3 Å². The van der Waals surface area contributed by atoms with Crippen LogP contribution in [-0.4, -0.2) is 20.9 Å². The van der Waals surface area contributed by atoms with Crippen LogP contribution in [0.1, 0.15) is 46.7 Å². The Balaban J connectivity index is 1.32. The van der Waals surface area contributed by atoms with Crippen molar-refractivity contribution < 1.29 is 9.53 Å². The molecule has 1 N–H and O–H groups in total. The molecular weight excluding hydrogens is 458 g/mol. The maximum atomic E-state index is 13.4. The molecule has 0 spiro atoms. The van der Waals surface area contributed by atoms with Crippen LogP contribution in [-0.2, 0) is 24.2 Å². The minimum Gasteiger partial charge on any atom is -0.454 e. The van der Waals surface area contributed by atoms with Gasteiger partial charge in [-0.2, -0.15) is 0 Å². The van der Waals surface area contributed by atoms with Crippen molar-refractivity contribution in [2.75, 3.05) is 0 Å². The molecule has 174 valence electrons. The van der Waals surface area contributed by atoms with Gasteiger partial charge in [0.05, 0.1) is 16.5 Å². The van der Waals surface area contributed by atoms with Crippen molar-refractivity contribution in [2.24, 2.45) is 0 Å². The number of aromatic nitrogens is 3. The summed E-state index contributed by atoms with van der Waals surface area (Å²) >= 11 is 1.41. The number of thiophene rings is 1. The molecule has 1 aliphatic rings. The van der Waals surface area contributed by atoms with E-state index in [4.69, 9.17) is 9.72 Å². The van der Waals surface area contributed by atoms with Gasteiger partial charge in [-0.15, -0.1) is 11.3 Å². The Labute approximate surface area is 205 Å². The Morgan fingerprint density at radius 2 is 1.77 bits per heavy atom. The number of rotatable bonds is 4. The monoisotopic (exact) mass is 481 g/mol. The maximum absolute atomic E-state index is 13.4. The summed E-state index contributed by atoms with van der Waals surface area (Å²) in [7, 11) is 0. The predicted octanol–water partition coefficient (Wildman–Crippen LogP) is 5.83. The number of aryl methyl sites for hydroxylation is 1. The number of nitrogens with zero attached hydrogens (tertiary/aromatic N) is 2. The Bertz CT molecular complexity index is 1620. The second kappa shape index (κ2) is 9.07. The average molecular weight is 482 g/mol. The molecule has 0 unspecified atom stereocenters. The number of aromatic amines is 1. The van der Waals surface area contributed by atoms with E-state index in [0.29, 0.717) is 21.6 Å². The number of pyridine rings is 1. The van der Waals surface area contributed by atoms with Gasteiger partial charge >= 0.3 is 5.97 Å². The number of carbonyl (C=O) groups excluding carboxylic acids is 1. The Hall–Kier alpha value is -3.84. The Morgan fingerprint density at radius 1 is 0.971 bits per heavy atom. The average Bonchev–Trinajstić information content (AvgIpc) is 3.18. The molecule has 0 bridgehead atoms. The largest absolute Gasteiger partial charge is 0.454 e. The fourth-order valence-corrected chi connectivity index (χ4v) is 5.85. The van der Waals surface area contributed by atoms with Crippen molar-refractivity contribution in [1.29, 1.82) is 0 Å². The first-order chi connectivity index (χ1) is 17.2. The molecule has 0 radical (unpaired) electrons. The summed E-state index contributed by atoms with van der Waals surface area (Å²) in [6, 6.07) is 17.5. The number of benzene rings is 2. The zero-order valence-corrected chi connectivity index (χ0v) is 19.9. The van der Waals surface area contributed by atoms with Crippen molar-refractivity contribution in [3.63, 3.8) is 0 Å². The molecule has 0 saturated heterocycles. The minimum atomic E-state index is -0.402. The van der Waals surface area contributed by atoms with Crippen LogP contribution < -0.4 is 5.56 Å². The first-order valence-electron chi connectivity index (χ1n) is 11.8. The molecule has 3 heterocycles. The van der Waals surface area contributed by atoms with Crippen molar-refractivity contribution in [1.82, 2.24) is 15.0 Å². The molecule has 2 aromatic carbocycles. The molecule has 6 nitrogen and oxygen atoms in total. The van der Waals surface area contributed by atoms with Crippen molar-refractivity contribution in [2.45, 2.75) is 38.7 Å². The van der Waals surface area contributed by atoms with Crippen molar-refractivity contribution in [3.05, 3.63) is 93.0 Å². The highest BCUT2D eigenvalue weighted by Crippen LogP contribution is 2.31. The Morgan fingerprint density at radius 3 is 2.66 bits per heavy atom. The summed E-state index contributed by atoms with van der Waals surface area (Å²) in [6.45, 7) is -0.103. The van der Waals surface area contributed by atoms with E-state index < -0.39 is 5.97 Å². The van der Waals surface area contributed by atoms with Gasteiger partial charge in [0.15, 0.2) is 0 Å². The van der Waals surface area contributed by atoms with E-state index in [1.165, 1.54) is 11.3 Å². The van der Waals surface area contributed by atoms with Gasteiger partial charge in [-0.05, 0) is 42.9 Å². The molecule has 35 heavy (non-hydrogen) atoms. The number of hydrogen-bond donors (Lipinski definition) is 1. The summed E-state index contributed by atoms with van der Waals surface area (Å²) in [5, 5.41) is 3.30. The van der Waals surface area contributed by atoms with Gasteiger partial charge in [0.1, 0.15) is 17.3 Å². The predicted molar refractivity (Wildman–Crippen MR) is 138 cm³/mol. The summed E-state index contributed by atoms with van der Waals surface area (Å²) < 4.78 is 5.73. The van der Waals surface area contributed by atoms with Crippen LogP contribution in [0.4, 0.5) is 0 Å². The van der Waals surface area contributed by atoms with Gasteiger partial charge in [-0.3, -0.25) is 9.78 Å². The highest BCUT2D eigenvalue weighted by Gasteiger charge is 2.23. The van der Waals surface area contributed by atoms with Crippen LogP contribution in [0.25, 0.3) is 32.2 Å². The molecule has 0 atom stereocenters. The van der Waals surface area contributed by atoms with Crippen LogP contribution in [0.5, 0.6) is 0 Å². The zero-order chi connectivity index (χ0) is 23.8. The van der Waals surface area contributed by atoms with Gasteiger partial charge in [0.25, 0.3) is 5.56 Å². The molecule has 3 aromatic heterocycles. The number of carbonyl (C=O) groups is 1. The van der Waals surface area contributed by atoms with Gasteiger partial charge in [-0.1, -0.05) is 55.0 Å². The fraction of sp³-hybridized carbons (Fsp3) is 0.214. The molecule has 1 aliphatic carbocycles. The molecule has 0 fully saturated rings. The first kappa shape index (κ1) is 21.7. The molecule has 5 aromatic rings. The third-order valence-corrected chi connectivity index (χ3v) is 7.41. The topological polar surface area (TPSA) is 84.9 Å². The van der Waals surface area contributed by atoms with E-state index in [1.807, 2.05) is 60.0 Å². The Kier molecular flexibility index (Phi) is 5.62. The van der Waals surface area contributed by atoms with Gasteiger partial charge in [-0.25, -0.2) is 9.78 Å². The normalized spacial score (nSPS) is 13.5. The van der Waals surface area contributed by atoms with Crippen molar-refractivity contribution >= 4 is 38.4 Å². The lowest BCUT2D eigenvalue weighted by molar-refractivity contribution is 0.0463. The molecule has 7 heteroatoms. The van der Waals surface area contributed by atoms with Crippen LogP contribution in [0, 0.1) is 0 Å². The molecule has 6 rings (SSSR count). The molecular formula is C28H23N3O3S. The lowest BCUT2D eigenvalue weighted by Crippen LogP contribution is -2.16. The second-order valence-electron chi connectivity index (χ2n) is 8.77. The lowest BCUT2D eigenvalue weighted by atomic mass is 9.97. The highest BCUT2D eigenvalue weighted by atomic mass is 32.1. The van der Waals surface area contributed by atoms with Crippen molar-refractivity contribution in [3.8, 4) is 11.1 Å². The number of ether oxygens (including phenoxy) is 1. The third-order valence-electron chi connectivity index (χ3n) is 6.54. The summed E-state index contributed by atoms with van der Waals surface area (Å²) in [5.41, 5.74) is 4.98. The standard InChI is InChI=1S/C28H23N3O3S/c32-26-25-20(17-9-3-1-4-10-17)16-35-27(25)31-23(30-26)15-34-28(33)24-18-11-5-2-6-13-21(18)29-22-14-8-7-12-19(22)24/h1,3-4,7-10,12,14,16H,2,5-6,11,13,15H2,(H,30,31,32).